The van der Waals surface area contributed by atoms with Gasteiger partial charge < -0.3 is 4.42 Å². The Morgan fingerprint density at radius 2 is 1.54 bits per heavy atom. The SMILES string of the molecule is Cc1ccc2c(oc3c2ccc2ccc4c(c23)C(C)(C)CCC4(C)C)c1-c1cc(CC(C)C)cc[n+]1C. The maximum Gasteiger partial charge on any atom is 0.216 e. The first-order chi connectivity index (χ1) is 17.5. The van der Waals surface area contributed by atoms with E-state index in [9.17, 15) is 0 Å². The third kappa shape index (κ3) is 3.71. The molecule has 1 aliphatic rings. The highest BCUT2D eigenvalue weighted by Gasteiger charge is 2.39. The highest BCUT2D eigenvalue weighted by atomic mass is 16.3. The summed E-state index contributed by atoms with van der Waals surface area (Å²) in [7, 11) is 2.14. The molecule has 2 heteroatoms. The summed E-state index contributed by atoms with van der Waals surface area (Å²) < 4.78 is 9.26. The highest BCUT2D eigenvalue weighted by Crippen LogP contribution is 2.51. The van der Waals surface area contributed by atoms with Crippen LogP contribution in [0.4, 0.5) is 0 Å². The van der Waals surface area contributed by atoms with Crippen LogP contribution in [0.15, 0.2) is 59.1 Å². The van der Waals surface area contributed by atoms with Crippen LogP contribution < -0.4 is 4.57 Å². The molecule has 6 rings (SSSR count). The van der Waals surface area contributed by atoms with E-state index < -0.39 is 0 Å². The van der Waals surface area contributed by atoms with Crippen LogP contribution in [0.1, 0.15) is 76.6 Å². The Hall–Kier alpha value is -3.13. The minimum Gasteiger partial charge on any atom is -0.454 e. The van der Waals surface area contributed by atoms with Gasteiger partial charge in [-0.2, -0.15) is 0 Å². The van der Waals surface area contributed by atoms with Gasteiger partial charge in [0, 0.05) is 28.3 Å². The van der Waals surface area contributed by atoms with E-state index in [0.29, 0.717) is 5.92 Å². The molecule has 0 fully saturated rings. The summed E-state index contributed by atoms with van der Waals surface area (Å²) in [6, 6.07) is 18.4. The van der Waals surface area contributed by atoms with Gasteiger partial charge in [0.15, 0.2) is 6.20 Å². The summed E-state index contributed by atoms with van der Waals surface area (Å²) >= 11 is 0. The van der Waals surface area contributed by atoms with Crippen molar-refractivity contribution < 1.29 is 8.98 Å². The van der Waals surface area contributed by atoms with Crippen molar-refractivity contribution in [3.63, 3.8) is 0 Å². The van der Waals surface area contributed by atoms with Gasteiger partial charge in [-0.15, -0.1) is 0 Å². The molecule has 0 atom stereocenters. The molecule has 2 nitrogen and oxygen atoms in total. The van der Waals surface area contributed by atoms with Crippen LogP contribution in [0.2, 0.25) is 0 Å². The number of aromatic nitrogens is 1. The van der Waals surface area contributed by atoms with E-state index >= 15 is 0 Å². The third-order valence-corrected chi connectivity index (χ3v) is 8.89. The number of hydrogen-bond acceptors (Lipinski definition) is 1. The molecule has 3 aromatic carbocycles. The summed E-state index contributed by atoms with van der Waals surface area (Å²) in [5.74, 6) is 0.619. The van der Waals surface area contributed by atoms with Crippen LogP contribution >= 0.6 is 0 Å². The van der Waals surface area contributed by atoms with Gasteiger partial charge in [-0.3, -0.25) is 0 Å². The molecule has 0 bridgehead atoms. The molecule has 0 spiro atoms. The molecule has 2 heterocycles. The summed E-state index contributed by atoms with van der Waals surface area (Å²) in [6.45, 7) is 16.4. The predicted molar refractivity (Wildman–Crippen MR) is 156 cm³/mol. The van der Waals surface area contributed by atoms with E-state index in [1.165, 1.54) is 67.9 Å². The first-order valence-corrected chi connectivity index (χ1v) is 13.9. The Morgan fingerprint density at radius 1 is 0.865 bits per heavy atom. The normalized spacial score (nSPS) is 16.7. The molecule has 0 saturated heterocycles. The minimum atomic E-state index is 0.105. The molecule has 2 aromatic heterocycles. The first-order valence-electron chi connectivity index (χ1n) is 13.9. The van der Waals surface area contributed by atoms with Crippen molar-refractivity contribution in [3.05, 3.63) is 77.0 Å². The summed E-state index contributed by atoms with van der Waals surface area (Å²) in [4.78, 5) is 0. The molecule has 190 valence electrons. The molecular formula is C35H40NO+. The summed E-state index contributed by atoms with van der Waals surface area (Å²) in [6.07, 6.45) is 5.67. The summed E-state index contributed by atoms with van der Waals surface area (Å²) in [5.41, 5.74) is 10.3. The van der Waals surface area contributed by atoms with Crippen LogP contribution in [-0.2, 0) is 24.3 Å². The second-order valence-corrected chi connectivity index (χ2v) is 13.2. The zero-order chi connectivity index (χ0) is 26.3. The van der Waals surface area contributed by atoms with E-state index in [1.54, 1.807) is 0 Å². The molecule has 1 aliphatic carbocycles. The first kappa shape index (κ1) is 24.2. The van der Waals surface area contributed by atoms with E-state index in [1.807, 2.05) is 0 Å². The van der Waals surface area contributed by atoms with Gasteiger partial charge in [-0.1, -0.05) is 71.9 Å². The van der Waals surface area contributed by atoms with Crippen LogP contribution in [0, 0.1) is 12.8 Å². The maximum absolute atomic E-state index is 7.02. The van der Waals surface area contributed by atoms with Crippen molar-refractivity contribution in [2.75, 3.05) is 0 Å². The number of pyridine rings is 1. The van der Waals surface area contributed by atoms with Gasteiger partial charge >= 0.3 is 0 Å². The van der Waals surface area contributed by atoms with Crippen molar-refractivity contribution in [2.24, 2.45) is 13.0 Å². The lowest BCUT2D eigenvalue weighted by atomic mass is 9.62. The van der Waals surface area contributed by atoms with Crippen LogP contribution in [0.3, 0.4) is 0 Å². The van der Waals surface area contributed by atoms with E-state index in [4.69, 9.17) is 4.42 Å². The van der Waals surface area contributed by atoms with Gasteiger partial charge in [-0.05, 0) is 76.6 Å². The lowest BCUT2D eigenvalue weighted by Crippen LogP contribution is -2.34. The highest BCUT2D eigenvalue weighted by molar-refractivity contribution is 6.18. The smallest absolute Gasteiger partial charge is 0.216 e. The fraction of sp³-hybridized carbons (Fsp3) is 0.400. The summed E-state index contributed by atoms with van der Waals surface area (Å²) in [5, 5.41) is 5.01. The van der Waals surface area contributed by atoms with Crippen molar-refractivity contribution >= 4 is 32.7 Å². The van der Waals surface area contributed by atoms with E-state index in [2.05, 4.69) is 115 Å². The van der Waals surface area contributed by atoms with Crippen molar-refractivity contribution in [1.29, 1.82) is 0 Å². The Balaban J connectivity index is 1.72. The lowest BCUT2D eigenvalue weighted by molar-refractivity contribution is -0.660. The van der Waals surface area contributed by atoms with Crippen molar-refractivity contribution in [3.8, 4) is 11.3 Å². The van der Waals surface area contributed by atoms with Crippen molar-refractivity contribution in [2.45, 2.75) is 78.6 Å². The Morgan fingerprint density at radius 3 is 2.30 bits per heavy atom. The zero-order valence-corrected chi connectivity index (χ0v) is 23.8. The molecule has 5 aromatic rings. The fourth-order valence-electron chi connectivity index (χ4n) is 6.74. The minimum absolute atomic E-state index is 0.105. The Kier molecular flexibility index (Phi) is 5.36. The second kappa shape index (κ2) is 8.18. The fourth-order valence-corrected chi connectivity index (χ4v) is 6.74. The van der Waals surface area contributed by atoms with Gasteiger partial charge in [0.25, 0.3) is 0 Å². The maximum atomic E-state index is 7.02. The monoisotopic (exact) mass is 490 g/mol. The van der Waals surface area contributed by atoms with Crippen LogP contribution in [-0.4, -0.2) is 0 Å². The predicted octanol–water partition coefficient (Wildman–Crippen LogP) is 9.09. The Bertz CT molecular complexity index is 1700. The average Bonchev–Trinajstić information content (AvgIpc) is 3.21. The zero-order valence-electron chi connectivity index (χ0n) is 23.8. The number of furan rings is 1. The lowest BCUT2D eigenvalue weighted by Gasteiger charge is -2.42. The quantitative estimate of drug-likeness (QED) is 0.230. The molecule has 0 amide bonds. The average molecular weight is 491 g/mol. The molecule has 0 saturated carbocycles. The number of nitrogens with zero attached hydrogens (tertiary/aromatic N) is 1. The van der Waals surface area contributed by atoms with Crippen LogP contribution in [0.5, 0.6) is 0 Å². The van der Waals surface area contributed by atoms with Gasteiger partial charge in [-0.25, -0.2) is 4.57 Å². The van der Waals surface area contributed by atoms with E-state index in [0.717, 1.165) is 17.6 Å². The van der Waals surface area contributed by atoms with Gasteiger partial charge in [0.1, 0.15) is 18.2 Å². The second-order valence-electron chi connectivity index (χ2n) is 13.2. The largest absolute Gasteiger partial charge is 0.454 e. The number of rotatable bonds is 3. The van der Waals surface area contributed by atoms with E-state index in [-0.39, 0.29) is 10.8 Å². The van der Waals surface area contributed by atoms with Crippen LogP contribution in [0.25, 0.3) is 44.0 Å². The number of hydrogen-bond donors (Lipinski definition) is 0. The van der Waals surface area contributed by atoms with Gasteiger partial charge in [0.05, 0.1) is 5.56 Å². The molecule has 0 radical (unpaired) electrons. The topological polar surface area (TPSA) is 17.0 Å². The number of fused-ring (bicyclic) bond motifs is 7. The molecule has 0 unspecified atom stereocenters. The standard InChI is InChI=1S/C35H40NO/c1-21(2)19-23-15-18-36(8)28(20-23)29-22(3)9-12-25-26-13-10-24-11-14-27-31(30(24)33(26)37-32(25)29)35(6,7)17-16-34(27,4)5/h9-15,18,20-21H,16-17,19H2,1-8H3/q+1. The number of aryl methyl sites for hydroxylation is 2. The van der Waals surface area contributed by atoms with Gasteiger partial charge in [0.2, 0.25) is 5.69 Å². The van der Waals surface area contributed by atoms with Crippen molar-refractivity contribution in [1.82, 2.24) is 0 Å². The molecule has 0 aliphatic heterocycles. The molecule has 37 heavy (non-hydrogen) atoms. The Labute approximate surface area is 221 Å². The number of benzene rings is 3. The molecular weight excluding hydrogens is 450 g/mol. The molecule has 0 N–H and O–H groups in total. The third-order valence-electron chi connectivity index (χ3n) is 8.89.